The summed E-state index contributed by atoms with van der Waals surface area (Å²) < 4.78 is 0. The smallest absolute Gasteiger partial charge is 0.326 e. The van der Waals surface area contributed by atoms with E-state index < -0.39 is 12.0 Å². The van der Waals surface area contributed by atoms with E-state index in [1.807, 2.05) is 6.92 Å². The van der Waals surface area contributed by atoms with Crippen LogP contribution in [0.5, 0.6) is 0 Å². The van der Waals surface area contributed by atoms with Gasteiger partial charge in [-0.25, -0.2) is 4.79 Å². The highest BCUT2D eigenvalue weighted by molar-refractivity contribution is 5.84. The third-order valence-corrected chi connectivity index (χ3v) is 7.06. The van der Waals surface area contributed by atoms with E-state index in [2.05, 4.69) is 22.9 Å². The molecule has 8 nitrogen and oxygen atoms in total. The molecule has 0 aromatic carbocycles. The molecular weight excluding hydrogens is 494 g/mol. The largest absolute Gasteiger partial charge is 0.480 e. The molecule has 0 radical (unpaired) electrons. The Labute approximate surface area is 238 Å². The number of hydrogen-bond donors (Lipinski definition) is 4. The first-order chi connectivity index (χ1) is 18.9. The molecule has 0 spiro atoms. The monoisotopic (exact) mass is 553 g/mol. The molecule has 4 N–H and O–H groups in total. The third-order valence-electron chi connectivity index (χ3n) is 7.06. The molecule has 0 aliphatic heterocycles. The first kappa shape index (κ1) is 36.9. The summed E-state index contributed by atoms with van der Waals surface area (Å²) in [5, 5.41) is 17.4. The fraction of sp³-hybridized carbons (Fsp3) is 0.871. The van der Waals surface area contributed by atoms with Crippen LogP contribution in [0.4, 0.5) is 0 Å². The van der Waals surface area contributed by atoms with Gasteiger partial charge in [0.2, 0.25) is 17.7 Å². The molecule has 1 unspecified atom stereocenters. The maximum atomic E-state index is 12.1. The molecule has 0 fully saturated rings. The van der Waals surface area contributed by atoms with Crippen LogP contribution in [0.25, 0.3) is 0 Å². The molecule has 39 heavy (non-hydrogen) atoms. The second-order valence-corrected chi connectivity index (χ2v) is 10.9. The maximum absolute atomic E-state index is 12.1. The van der Waals surface area contributed by atoms with Crippen LogP contribution in [-0.2, 0) is 19.2 Å². The SMILES string of the molecule is CCCCCCCCCCCCCCCCCC(=O)NCCCC(=O)NC(CCC(=O)NCCCC)C(=O)O. The molecule has 0 saturated heterocycles. The number of carboxylic acids is 1. The predicted molar refractivity (Wildman–Crippen MR) is 159 cm³/mol. The molecule has 0 rings (SSSR count). The van der Waals surface area contributed by atoms with Crippen molar-refractivity contribution in [3.05, 3.63) is 0 Å². The predicted octanol–water partition coefficient (Wildman–Crippen LogP) is 6.41. The number of hydrogen-bond acceptors (Lipinski definition) is 4. The van der Waals surface area contributed by atoms with Gasteiger partial charge in [-0.3, -0.25) is 14.4 Å². The van der Waals surface area contributed by atoms with Gasteiger partial charge in [-0.15, -0.1) is 0 Å². The van der Waals surface area contributed by atoms with E-state index in [4.69, 9.17) is 0 Å². The Hall–Kier alpha value is -2.12. The summed E-state index contributed by atoms with van der Waals surface area (Å²) in [6.45, 7) is 5.25. The number of carbonyl (C=O) groups is 4. The van der Waals surface area contributed by atoms with Gasteiger partial charge in [0.05, 0.1) is 0 Å². The van der Waals surface area contributed by atoms with Crippen molar-refractivity contribution in [2.24, 2.45) is 0 Å². The van der Waals surface area contributed by atoms with E-state index >= 15 is 0 Å². The summed E-state index contributed by atoms with van der Waals surface area (Å²) in [5.41, 5.74) is 0. The van der Waals surface area contributed by atoms with E-state index in [0.29, 0.717) is 25.9 Å². The molecule has 0 saturated carbocycles. The minimum Gasteiger partial charge on any atom is -0.480 e. The van der Waals surface area contributed by atoms with Crippen molar-refractivity contribution >= 4 is 23.7 Å². The quantitative estimate of drug-likeness (QED) is 0.0833. The standard InChI is InChI=1S/C31H59N3O5/c1-3-5-7-8-9-10-11-12-13-14-15-16-17-18-19-21-28(35)33-26-20-22-30(37)34-27(31(38)39)23-24-29(36)32-25-6-4-2/h27H,3-26H2,1-2H3,(H,32,36)(H,33,35)(H,34,37)(H,38,39). The van der Waals surface area contributed by atoms with Crippen molar-refractivity contribution in [3.8, 4) is 0 Å². The Morgan fingerprint density at radius 3 is 1.41 bits per heavy atom. The Kier molecular flexibility index (Phi) is 26.0. The average Bonchev–Trinajstić information content (AvgIpc) is 2.91. The molecule has 0 aliphatic rings. The fourth-order valence-electron chi connectivity index (χ4n) is 4.51. The van der Waals surface area contributed by atoms with E-state index in [0.717, 1.165) is 25.7 Å². The van der Waals surface area contributed by atoms with E-state index in [-0.39, 0.29) is 37.0 Å². The Morgan fingerprint density at radius 2 is 0.923 bits per heavy atom. The number of aliphatic carboxylic acids is 1. The Morgan fingerprint density at radius 1 is 0.513 bits per heavy atom. The number of amides is 3. The summed E-state index contributed by atoms with van der Waals surface area (Å²) >= 11 is 0. The lowest BCUT2D eigenvalue weighted by Crippen LogP contribution is -2.41. The van der Waals surface area contributed by atoms with E-state index in [9.17, 15) is 24.3 Å². The van der Waals surface area contributed by atoms with Crippen LogP contribution in [0.15, 0.2) is 0 Å². The van der Waals surface area contributed by atoms with Crippen LogP contribution < -0.4 is 16.0 Å². The van der Waals surface area contributed by atoms with Gasteiger partial charge >= 0.3 is 5.97 Å². The minimum absolute atomic E-state index is 0.00241. The van der Waals surface area contributed by atoms with Crippen LogP contribution in [0.3, 0.4) is 0 Å². The molecule has 1 atom stereocenters. The summed E-state index contributed by atoms with van der Waals surface area (Å²) in [6.07, 6.45) is 22.4. The number of carbonyl (C=O) groups excluding carboxylic acids is 3. The van der Waals surface area contributed by atoms with Gasteiger partial charge in [0.15, 0.2) is 0 Å². The lowest BCUT2D eigenvalue weighted by atomic mass is 10.0. The third kappa shape index (κ3) is 25.9. The van der Waals surface area contributed by atoms with Crippen molar-refractivity contribution in [2.45, 2.75) is 161 Å². The second kappa shape index (κ2) is 27.4. The van der Waals surface area contributed by atoms with Gasteiger partial charge in [-0.05, 0) is 25.7 Å². The van der Waals surface area contributed by atoms with Crippen molar-refractivity contribution in [3.63, 3.8) is 0 Å². The zero-order chi connectivity index (χ0) is 29.0. The molecule has 0 heterocycles. The molecule has 0 aliphatic carbocycles. The van der Waals surface area contributed by atoms with Gasteiger partial charge in [-0.1, -0.05) is 110 Å². The lowest BCUT2D eigenvalue weighted by Gasteiger charge is -2.14. The highest BCUT2D eigenvalue weighted by Crippen LogP contribution is 2.13. The molecular formula is C31H59N3O5. The number of unbranched alkanes of at least 4 members (excludes halogenated alkanes) is 15. The number of nitrogens with one attached hydrogen (secondary N) is 3. The second-order valence-electron chi connectivity index (χ2n) is 10.9. The van der Waals surface area contributed by atoms with Crippen LogP contribution in [-0.4, -0.2) is 47.9 Å². The summed E-state index contributed by atoms with van der Waals surface area (Å²) in [5.74, 6) is -1.74. The van der Waals surface area contributed by atoms with E-state index in [1.54, 1.807) is 0 Å². The highest BCUT2D eigenvalue weighted by atomic mass is 16.4. The topological polar surface area (TPSA) is 125 Å². The van der Waals surface area contributed by atoms with Gasteiger partial charge < -0.3 is 21.1 Å². The molecule has 0 bridgehead atoms. The molecule has 0 aromatic rings. The van der Waals surface area contributed by atoms with Crippen LogP contribution in [0.2, 0.25) is 0 Å². The first-order valence-electron chi connectivity index (χ1n) is 16.0. The zero-order valence-electron chi connectivity index (χ0n) is 25.1. The highest BCUT2D eigenvalue weighted by Gasteiger charge is 2.20. The molecule has 8 heteroatoms. The van der Waals surface area contributed by atoms with Crippen LogP contribution in [0.1, 0.15) is 155 Å². The van der Waals surface area contributed by atoms with Gasteiger partial charge in [0, 0.05) is 32.4 Å². The van der Waals surface area contributed by atoms with Gasteiger partial charge in [-0.2, -0.15) is 0 Å². The summed E-state index contributed by atoms with van der Waals surface area (Å²) in [6, 6.07) is -1.09. The van der Waals surface area contributed by atoms with Crippen molar-refractivity contribution < 1.29 is 24.3 Å². The van der Waals surface area contributed by atoms with E-state index in [1.165, 1.54) is 83.5 Å². The number of rotatable bonds is 28. The van der Waals surface area contributed by atoms with Crippen LogP contribution in [0, 0.1) is 0 Å². The lowest BCUT2D eigenvalue weighted by molar-refractivity contribution is -0.142. The van der Waals surface area contributed by atoms with Gasteiger partial charge in [0.1, 0.15) is 6.04 Å². The van der Waals surface area contributed by atoms with Crippen molar-refractivity contribution in [1.29, 1.82) is 0 Å². The Balaban J connectivity index is 3.64. The molecule has 3 amide bonds. The average molecular weight is 554 g/mol. The fourth-order valence-corrected chi connectivity index (χ4v) is 4.51. The van der Waals surface area contributed by atoms with Crippen molar-refractivity contribution in [1.82, 2.24) is 16.0 Å². The summed E-state index contributed by atoms with van der Waals surface area (Å²) in [4.78, 5) is 47.3. The molecule has 0 aromatic heterocycles. The summed E-state index contributed by atoms with van der Waals surface area (Å²) in [7, 11) is 0. The first-order valence-corrected chi connectivity index (χ1v) is 16.0. The van der Waals surface area contributed by atoms with Gasteiger partial charge in [0.25, 0.3) is 0 Å². The Bertz CT molecular complexity index is 642. The number of carboxylic acid groups (broad SMARTS) is 1. The van der Waals surface area contributed by atoms with Crippen molar-refractivity contribution in [2.75, 3.05) is 13.1 Å². The normalized spacial score (nSPS) is 11.6. The zero-order valence-corrected chi connectivity index (χ0v) is 25.1. The molecule has 228 valence electrons. The maximum Gasteiger partial charge on any atom is 0.326 e. The minimum atomic E-state index is -1.15. The van der Waals surface area contributed by atoms with Crippen LogP contribution >= 0.6 is 0 Å².